The summed E-state index contributed by atoms with van der Waals surface area (Å²) in [5, 5.41) is 0. The Kier molecular flexibility index (Phi) is 3.78. The minimum atomic E-state index is -0.549. The first-order valence-corrected chi connectivity index (χ1v) is 6.24. The lowest BCUT2D eigenvalue weighted by Gasteiger charge is -2.14. The first-order chi connectivity index (χ1) is 8.47. The van der Waals surface area contributed by atoms with Gasteiger partial charge in [-0.05, 0) is 47.9 Å². The van der Waals surface area contributed by atoms with Gasteiger partial charge in [0, 0.05) is 4.47 Å². The molecule has 0 saturated carbocycles. The summed E-state index contributed by atoms with van der Waals surface area (Å²) in [6, 6.07) is 8.69. The van der Waals surface area contributed by atoms with Gasteiger partial charge >= 0.3 is 0 Å². The van der Waals surface area contributed by atoms with E-state index in [0.29, 0.717) is 21.2 Å². The predicted molar refractivity (Wildman–Crippen MR) is 71.3 cm³/mol. The van der Waals surface area contributed by atoms with Gasteiger partial charge in [0.25, 0.3) is 0 Å². The molecule has 0 saturated heterocycles. The third-order valence-electron chi connectivity index (χ3n) is 2.80. The van der Waals surface area contributed by atoms with Crippen molar-refractivity contribution in [3.8, 4) is 0 Å². The first-order valence-electron chi connectivity index (χ1n) is 5.45. The summed E-state index contributed by atoms with van der Waals surface area (Å²) in [7, 11) is 0. The molecule has 0 amide bonds. The number of hydrogen-bond acceptors (Lipinski definition) is 1. The number of halogens is 3. The molecule has 2 aromatic rings. The highest BCUT2D eigenvalue weighted by atomic mass is 79.9. The predicted octanol–water partition coefficient (Wildman–Crippen LogP) is 4.08. The smallest absolute Gasteiger partial charge is 0.126 e. The van der Waals surface area contributed by atoms with Crippen LogP contribution >= 0.6 is 15.9 Å². The van der Waals surface area contributed by atoms with E-state index in [1.54, 1.807) is 25.1 Å². The van der Waals surface area contributed by atoms with Gasteiger partial charge in [0.2, 0.25) is 0 Å². The molecule has 0 aliphatic carbocycles. The van der Waals surface area contributed by atoms with E-state index in [0.717, 1.165) is 0 Å². The van der Waals surface area contributed by atoms with Crippen LogP contribution < -0.4 is 5.73 Å². The van der Waals surface area contributed by atoms with Gasteiger partial charge in [0.1, 0.15) is 11.6 Å². The molecule has 0 spiro atoms. The lowest BCUT2D eigenvalue weighted by molar-refractivity contribution is 0.612. The molecule has 4 heteroatoms. The standard InChI is InChI=1S/C14H12BrF2N/c1-8-2-3-9(6-13(8)17)14(18)10-4-11(15)7-12(16)5-10/h2-7,14H,18H2,1H3. The number of aryl methyl sites for hydroxylation is 1. The Balaban J connectivity index is 2.40. The van der Waals surface area contributed by atoms with Crippen molar-refractivity contribution >= 4 is 15.9 Å². The summed E-state index contributed by atoms with van der Waals surface area (Å²) < 4.78 is 27.4. The van der Waals surface area contributed by atoms with Gasteiger partial charge < -0.3 is 5.73 Å². The van der Waals surface area contributed by atoms with Gasteiger partial charge in [0.15, 0.2) is 0 Å². The number of nitrogens with two attached hydrogens (primary N) is 1. The van der Waals surface area contributed by atoms with E-state index in [4.69, 9.17) is 5.73 Å². The monoisotopic (exact) mass is 311 g/mol. The third-order valence-corrected chi connectivity index (χ3v) is 3.26. The van der Waals surface area contributed by atoms with Gasteiger partial charge in [0.05, 0.1) is 6.04 Å². The van der Waals surface area contributed by atoms with Crippen LogP contribution in [-0.2, 0) is 0 Å². The highest BCUT2D eigenvalue weighted by Gasteiger charge is 2.12. The van der Waals surface area contributed by atoms with Gasteiger partial charge in [-0.2, -0.15) is 0 Å². The molecule has 2 rings (SSSR count). The minimum absolute atomic E-state index is 0.307. The van der Waals surface area contributed by atoms with Crippen molar-refractivity contribution in [2.45, 2.75) is 13.0 Å². The Morgan fingerprint density at radius 3 is 2.39 bits per heavy atom. The largest absolute Gasteiger partial charge is 0.320 e. The van der Waals surface area contributed by atoms with E-state index in [1.165, 1.54) is 18.2 Å². The third kappa shape index (κ3) is 2.76. The maximum absolute atomic E-state index is 13.5. The zero-order valence-corrected chi connectivity index (χ0v) is 11.3. The number of hydrogen-bond donors (Lipinski definition) is 1. The maximum atomic E-state index is 13.5. The van der Waals surface area contributed by atoms with Crippen molar-refractivity contribution in [1.82, 2.24) is 0 Å². The van der Waals surface area contributed by atoms with Crippen LogP contribution in [0, 0.1) is 18.6 Å². The van der Waals surface area contributed by atoms with E-state index < -0.39 is 6.04 Å². The molecule has 18 heavy (non-hydrogen) atoms. The van der Waals surface area contributed by atoms with Crippen molar-refractivity contribution in [3.05, 3.63) is 69.2 Å². The van der Waals surface area contributed by atoms with Crippen molar-refractivity contribution in [2.24, 2.45) is 5.73 Å². The molecule has 2 N–H and O–H groups in total. The van der Waals surface area contributed by atoms with E-state index >= 15 is 0 Å². The highest BCUT2D eigenvalue weighted by molar-refractivity contribution is 9.10. The van der Waals surface area contributed by atoms with Crippen LogP contribution in [0.15, 0.2) is 40.9 Å². The van der Waals surface area contributed by atoms with Crippen molar-refractivity contribution in [3.63, 3.8) is 0 Å². The first kappa shape index (κ1) is 13.2. The fourth-order valence-electron chi connectivity index (χ4n) is 1.75. The quantitative estimate of drug-likeness (QED) is 0.888. The van der Waals surface area contributed by atoms with Crippen LogP contribution in [0.2, 0.25) is 0 Å². The van der Waals surface area contributed by atoms with Gasteiger partial charge in [-0.3, -0.25) is 0 Å². The molecular formula is C14H12BrF2N. The van der Waals surface area contributed by atoms with Crippen molar-refractivity contribution in [1.29, 1.82) is 0 Å². The summed E-state index contributed by atoms with van der Waals surface area (Å²) in [4.78, 5) is 0. The molecule has 0 radical (unpaired) electrons. The van der Waals surface area contributed by atoms with E-state index in [9.17, 15) is 8.78 Å². The molecular weight excluding hydrogens is 300 g/mol. The molecule has 0 heterocycles. The molecule has 1 unspecified atom stereocenters. The molecule has 0 aliphatic rings. The minimum Gasteiger partial charge on any atom is -0.320 e. The van der Waals surface area contributed by atoms with Crippen LogP contribution in [0.1, 0.15) is 22.7 Å². The van der Waals surface area contributed by atoms with Crippen LogP contribution in [0.3, 0.4) is 0 Å². The Morgan fingerprint density at radius 2 is 1.78 bits per heavy atom. The number of rotatable bonds is 2. The Labute approximate surface area is 113 Å². The summed E-state index contributed by atoms with van der Waals surface area (Å²) in [5.74, 6) is -0.680. The van der Waals surface area contributed by atoms with Crippen molar-refractivity contribution in [2.75, 3.05) is 0 Å². The summed E-state index contributed by atoms with van der Waals surface area (Å²) in [6.07, 6.45) is 0. The zero-order chi connectivity index (χ0) is 13.3. The molecule has 1 nitrogen and oxygen atoms in total. The molecule has 0 aliphatic heterocycles. The highest BCUT2D eigenvalue weighted by Crippen LogP contribution is 2.25. The van der Waals surface area contributed by atoms with E-state index in [2.05, 4.69) is 15.9 Å². The van der Waals surface area contributed by atoms with Gasteiger partial charge in [-0.1, -0.05) is 28.1 Å². The van der Waals surface area contributed by atoms with E-state index in [1.807, 2.05) is 0 Å². The summed E-state index contributed by atoms with van der Waals surface area (Å²) in [6.45, 7) is 1.68. The Hall–Kier alpha value is -1.26. The fraction of sp³-hybridized carbons (Fsp3) is 0.143. The molecule has 94 valence electrons. The lowest BCUT2D eigenvalue weighted by atomic mass is 9.98. The van der Waals surface area contributed by atoms with E-state index in [-0.39, 0.29) is 11.6 Å². The van der Waals surface area contributed by atoms with Gasteiger partial charge in [-0.25, -0.2) is 8.78 Å². The Morgan fingerprint density at radius 1 is 1.06 bits per heavy atom. The molecule has 1 atom stereocenters. The summed E-state index contributed by atoms with van der Waals surface area (Å²) in [5.41, 5.74) is 7.80. The number of benzene rings is 2. The van der Waals surface area contributed by atoms with Crippen LogP contribution in [0.4, 0.5) is 8.78 Å². The molecule has 2 aromatic carbocycles. The van der Waals surface area contributed by atoms with Crippen LogP contribution in [0.5, 0.6) is 0 Å². The second-order valence-electron chi connectivity index (χ2n) is 4.19. The van der Waals surface area contributed by atoms with Crippen LogP contribution in [0.25, 0.3) is 0 Å². The maximum Gasteiger partial charge on any atom is 0.126 e. The molecule has 0 aromatic heterocycles. The normalized spacial score (nSPS) is 12.5. The fourth-order valence-corrected chi connectivity index (χ4v) is 2.23. The van der Waals surface area contributed by atoms with Gasteiger partial charge in [-0.15, -0.1) is 0 Å². The molecule has 0 fully saturated rings. The second kappa shape index (κ2) is 5.16. The Bertz CT molecular complexity index is 564. The zero-order valence-electron chi connectivity index (χ0n) is 9.75. The van der Waals surface area contributed by atoms with Crippen LogP contribution in [-0.4, -0.2) is 0 Å². The molecule has 0 bridgehead atoms. The lowest BCUT2D eigenvalue weighted by Crippen LogP contribution is -2.12. The second-order valence-corrected chi connectivity index (χ2v) is 5.10. The average molecular weight is 312 g/mol. The SMILES string of the molecule is Cc1ccc(C(N)c2cc(F)cc(Br)c2)cc1F. The topological polar surface area (TPSA) is 26.0 Å². The summed E-state index contributed by atoms with van der Waals surface area (Å²) >= 11 is 3.21. The average Bonchev–Trinajstić information content (AvgIpc) is 2.30. The van der Waals surface area contributed by atoms with Crippen molar-refractivity contribution < 1.29 is 8.78 Å².